The molecule has 0 saturated carbocycles. The number of hydrogen-bond donors (Lipinski definition) is 0. The second-order valence-electron chi connectivity index (χ2n) is 7.06. The van der Waals surface area contributed by atoms with Crippen LogP contribution in [0.5, 0.6) is 17.2 Å². The summed E-state index contributed by atoms with van der Waals surface area (Å²) in [5.41, 5.74) is 2.80. The van der Waals surface area contributed by atoms with Gasteiger partial charge in [0.2, 0.25) is 5.91 Å². The van der Waals surface area contributed by atoms with Gasteiger partial charge >= 0.3 is 5.97 Å². The van der Waals surface area contributed by atoms with Gasteiger partial charge in [-0.1, -0.05) is 12.1 Å². The van der Waals surface area contributed by atoms with Gasteiger partial charge in [0.25, 0.3) is 0 Å². The predicted octanol–water partition coefficient (Wildman–Crippen LogP) is 2.94. The fourth-order valence-corrected chi connectivity index (χ4v) is 3.81. The number of carbonyl (C=O) groups excluding carboxylic acids is 2. The molecule has 1 atom stereocenters. The molecule has 0 bridgehead atoms. The van der Waals surface area contributed by atoms with Crippen LogP contribution in [0.4, 0.5) is 0 Å². The van der Waals surface area contributed by atoms with Crippen LogP contribution in [0, 0.1) is 0 Å². The molecule has 0 spiro atoms. The highest BCUT2D eigenvalue weighted by atomic mass is 16.5. The molecule has 0 aliphatic carbocycles. The molecule has 0 N–H and O–H groups in total. The molecule has 0 fully saturated rings. The molecule has 160 valence electrons. The highest BCUT2D eigenvalue weighted by Gasteiger charge is 2.33. The maximum atomic E-state index is 13.2. The van der Waals surface area contributed by atoms with E-state index >= 15 is 0 Å². The van der Waals surface area contributed by atoms with Gasteiger partial charge in [0.05, 0.1) is 47.3 Å². The largest absolute Gasteiger partial charge is 0.497 e. The lowest BCUT2D eigenvalue weighted by molar-refractivity contribution is -0.144. The van der Waals surface area contributed by atoms with Gasteiger partial charge in [0, 0.05) is 6.54 Å². The summed E-state index contributed by atoms with van der Waals surface area (Å²) in [4.78, 5) is 27.1. The van der Waals surface area contributed by atoms with E-state index in [1.54, 1.807) is 26.2 Å². The van der Waals surface area contributed by atoms with E-state index in [4.69, 9.17) is 18.9 Å². The van der Waals surface area contributed by atoms with Gasteiger partial charge in [-0.2, -0.15) is 0 Å². The third kappa shape index (κ3) is 4.50. The number of esters is 1. The fourth-order valence-electron chi connectivity index (χ4n) is 3.81. The van der Waals surface area contributed by atoms with Crippen molar-refractivity contribution in [2.24, 2.45) is 0 Å². The quantitative estimate of drug-likeness (QED) is 0.650. The Morgan fingerprint density at radius 2 is 1.63 bits per heavy atom. The van der Waals surface area contributed by atoms with Crippen LogP contribution in [0.3, 0.4) is 0 Å². The summed E-state index contributed by atoms with van der Waals surface area (Å²) in [7, 11) is 6.11. The number of nitrogens with zero attached hydrogens (tertiary/aromatic N) is 1. The van der Waals surface area contributed by atoms with Crippen molar-refractivity contribution in [2.75, 3.05) is 35.0 Å². The Balaban J connectivity index is 1.91. The molecule has 2 aromatic carbocycles. The van der Waals surface area contributed by atoms with Gasteiger partial charge in [0.1, 0.15) is 5.75 Å². The Hall–Kier alpha value is -3.22. The van der Waals surface area contributed by atoms with E-state index in [2.05, 4.69) is 0 Å². The molecule has 0 radical (unpaired) electrons. The zero-order chi connectivity index (χ0) is 21.7. The van der Waals surface area contributed by atoms with Crippen LogP contribution < -0.4 is 14.2 Å². The molecule has 0 saturated heterocycles. The van der Waals surface area contributed by atoms with E-state index in [1.165, 1.54) is 7.11 Å². The SMILES string of the molecule is COC(=O)C[C@@H]1c2cc(OC)c(OC)cc2CCN1C(=O)Cc1ccc(OC)cc1. The van der Waals surface area contributed by atoms with Crippen LogP contribution in [0.25, 0.3) is 0 Å². The summed E-state index contributed by atoms with van der Waals surface area (Å²) in [6.07, 6.45) is 0.985. The van der Waals surface area contributed by atoms with Crippen molar-refractivity contribution in [2.45, 2.75) is 25.3 Å². The number of amides is 1. The van der Waals surface area contributed by atoms with E-state index < -0.39 is 6.04 Å². The smallest absolute Gasteiger partial charge is 0.307 e. The molecule has 7 nitrogen and oxygen atoms in total. The number of benzene rings is 2. The second-order valence-corrected chi connectivity index (χ2v) is 7.06. The Morgan fingerprint density at radius 3 is 2.23 bits per heavy atom. The standard InChI is InChI=1S/C23H27NO6/c1-27-17-7-5-15(6-8-17)11-22(25)24-10-9-16-12-20(28-2)21(29-3)13-18(16)19(24)14-23(26)30-4/h5-8,12-13,19H,9-11,14H2,1-4H3/t19-/m1/s1. The van der Waals surface area contributed by atoms with Gasteiger partial charge < -0.3 is 23.8 Å². The van der Waals surface area contributed by atoms with Crippen LogP contribution >= 0.6 is 0 Å². The third-order valence-corrected chi connectivity index (χ3v) is 5.43. The van der Waals surface area contributed by atoms with Crippen molar-refractivity contribution in [3.63, 3.8) is 0 Å². The molecular formula is C23H27NO6. The third-order valence-electron chi connectivity index (χ3n) is 5.43. The maximum Gasteiger partial charge on any atom is 0.307 e. The Labute approximate surface area is 176 Å². The molecule has 30 heavy (non-hydrogen) atoms. The van der Waals surface area contributed by atoms with Crippen LogP contribution in [0.2, 0.25) is 0 Å². The molecule has 7 heteroatoms. The number of carbonyl (C=O) groups is 2. The lowest BCUT2D eigenvalue weighted by atomic mass is 9.89. The van der Waals surface area contributed by atoms with Crippen LogP contribution in [-0.2, 0) is 27.2 Å². The first-order valence-electron chi connectivity index (χ1n) is 9.74. The zero-order valence-corrected chi connectivity index (χ0v) is 17.8. The van der Waals surface area contributed by atoms with Crippen molar-refractivity contribution >= 4 is 11.9 Å². The van der Waals surface area contributed by atoms with Crippen molar-refractivity contribution in [1.29, 1.82) is 0 Å². The van der Waals surface area contributed by atoms with Gasteiger partial charge in [-0.3, -0.25) is 9.59 Å². The molecule has 1 heterocycles. The monoisotopic (exact) mass is 413 g/mol. The van der Waals surface area contributed by atoms with E-state index in [0.29, 0.717) is 24.5 Å². The van der Waals surface area contributed by atoms with E-state index in [9.17, 15) is 9.59 Å². The molecule has 1 aliphatic heterocycles. The van der Waals surface area contributed by atoms with Crippen molar-refractivity contribution in [3.05, 3.63) is 53.1 Å². The van der Waals surface area contributed by atoms with E-state index in [-0.39, 0.29) is 24.7 Å². The fraction of sp³-hybridized carbons (Fsp3) is 0.391. The lowest BCUT2D eigenvalue weighted by Crippen LogP contribution is -2.42. The molecule has 2 aromatic rings. The van der Waals surface area contributed by atoms with Gasteiger partial charge in [-0.15, -0.1) is 0 Å². The molecular weight excluding hydrogens is 386 g/mol. The van der Waals surface area contributed by atoms with Crippen molar-refractivity contribution in [3.8, 4) is 17.2 Å². The number of hydrogen-bond acceptors (Lipinski definition) is 6. The Morgan fingerprint density at radius 1 is 0.967 bits per heavy atom. The minimum Gasteiger partial charge on any atom is -0.497 e. The minimum absolute atomic E-state index is 0.0468. The Bertz CT molecular complexity index is 909. The number of rotatable bonds is 7. The average molecular weight is 413 g/mol. The summed E-state index contributed by atoms with van der Waals surface area (Å²) in [5, 5.41) is 0. The van der Waals surface area contributed by atoms with Gasteiger partial charge in [-0.05, 0) is 47.4 Å². The first kappa shape index (κ1) is 21.5. The van der Waals surface area contributed by atoms with Gasteiger partial charge in [-0.25, -0.2) is 0 Å². The van der Waals surface area contributed by atoms with E-state index in [0.717, 1.165) is 22.4 Å². The lowest BCUT2D eigenvalue weighted by Gasteiger charge is -2.37. The average Bonchev–Trinajstić information content (AvgIpc) is 2.78. The molecule has 0 unspecified atom stereocenters. The minimum atomic E-state index is -0.424. The van der Waals surface area contributed by atoms with Crippen LogP contribution in [0.1, 0.15) is 29.2 Å². The highest BCUT2D eigenvalue weighted by Crippen LogP contribution is 2.39. The first-order chi connectivity index (χ1) is 14.5. The number of ether oxygens (including phenoxy) is 4. The summed E-state index contributed by atoms with van der Waals surface area (Å²) >= 11 is 0. The summed E-state index contributed by atoms with van der Waals surface area (Å²) in [5.74, 6) is 1.52. The zero-order valence-electron chi connectivity index (χ0n) is 17.8. The summed E-state index contributed by atoms with van der Waals surface area (Å²) in [6.45, 7) is 0.513. The van der Waals surface area contributed by atoms with Crippen molar-refractivity contribution < 1.29 is 28.5 Å². The Kier molecular flexibility index (Phi) is 6.82. The van der Waals surface area contributed by atoms with Crippen molar-refractivity contribution in [1.82, 2.24) is 4.90 Å². The van der Waals surface area contributed by atoms with Crippen LogP contribution in [0.15, 0.2) is 36.4 Å². The molecule has 1 aliphatic rings. The van der Waals surface area contributed by atoms with Crippen LogP contribution in [-0.4, -0.2) is 51.8 Å². The molecule has 1 amide bonds. The van der Waals surface area contributed by atoms with E-state index in [1.807, 2.05) is 36.4 Å². The number of fused-ring (bicyclic) bond motifs is 1. The molecule has 3 rings (SSSR count). The first-order valence-corrected chi connectivity index (χ1v) is 9.74. The van der Waals surface area contributed by atoms with Gasteiger partial charge in [0.15, 0.2) is 11.5 Å². The topological polar surface area (TPSA) is 74.3 Å². The summed E-state index contributed by atoms with van der Waals surface area (Å²) < 4.78 is 20.9. The second kappa shape index (κ2) is 9.52. The predicted molar refractivity (Wildman–Crippen MR) is 111 cm³/mol. The molecule has 0 aromatic heterocycles. The number of methoxy groups -OCH3 is 4. The summed E-state index contributed by atoms with van der Waals surface area (Å²) in [6, 6.07) is 10.8. The maximum absolute atomic E-state index is 13.2. The highest BCUT2D eigenvalue weighted by molar-refractivity contribution is 5.81. The normalized spacial score (nSPS) is 15.2.